The highest BCUT2D eigenvalue weighted by molar-refractivity contribution is 5.82. The third-order valence-corrected chi connectivity index (χ3v) is 4.53. The predicted octanol–water partition coefficient (Wildman–Crippen LogP) is 4.01. The topological polar surface area (TPSA) is 28.4 Å². The predicted molar refractivity (Wildman–Crippen MR) is 82.4 cm³/mol. The van der Waals surface area contributed by atoms with Crippen molar-refractivity contribution in [2.24, 2.45) is 0 Å². The number of aryl methyl sites for hydroxylation is 1. The van der Waals surface area contributed by atoms with Crippen molar-refractivity contribution >= 4 is 11.0 Å². The summed E-state index contributed by atoms with van der Waals surface area (Å²) in [6, 6.07) is 9.50. The maximum absolute atomic E-state index is 5.83. The zero-order valence-corrected chi connectivity index (χ0v) is 12.6. The molecule has 1 aromatic carbocycles. The van der Waals surface area contributed by atoms with Gasteiger partial charge >= 0.3 is 0 Å². The second kappa shape index (κ2) is 5.58. The Morgan fingerprint density at radius 2 is 1.90 bits per heavy atom. The van der Waals surface area contributed by atoms with E-state index < -0.39 is 0 Å². The molecule has 1 saturated heterocycles. The molecule has 0 bridgehead atoms. The summed E-state index contributed by atoms with van der Waals surface area (Å²) in [6.45, 7) is 7.52. The number of rotatable bonds is 3. The highest BCUT2D eigenvalue weighted by Crippen LogP contribution is 2.26. The lowest BCUT2D eigenvalue weighted by molar-refractivity contribution is 0.0435. The Morgan fingerprint density at radius 1 is 1.20 bits per heavy atom. The van der Waals surface area contributed by atoms with E-state index in [4.69, 9.17) is 4.42 Å². The van der Waals surface area contributed by atoms with Gasteiger partial charge in [0.15, 0.2) is 0 Å². The summed E-state index contributed by atoms with van der Waals surface area (Å²) in [5.74, 6) is 1.02. The Morgan fingerprint density at radius 3 is 2.65 bits per heavy atom. The van der Waals surface area contributed by atoms with Gasteiger partial charge < -0.3 is 4.42 Å². The van der Waals surface area contributed by atoms with Crippen LogP contribution in [0.3, 0.4) is 0 Å². The Labute approximate surface area is 120 Å². The lowest BCUT2D eigenvalue weighted by Crippen LogP contribution is -2.51. The molecule has 0 radical (unpaired) electrons. The summed E-state index contributed by atoms with van der Waals surface area (Å²) in [4.78, 5) is 0. The van der Waals surface area contributed by atoms with Crippen molar-refractivity contribution in [3.63, 3.8) is 0 Å². The summed E-state index contributed by atoms with van der Waals surface area (Å²) in [7, 11) is 0. The molecule has 2 heterocycles. The monoisotopic (exact) mass is 272 g/mol. The van der Waals surface area contributed by atoms with E-state index in [9.17, 15) is 0 Å². The van der Waals surface area contributed by atoms with Gasteiger partial charge in [-0.3, -0.25) is 5.43 Å². The molecule has 1 N–H and O–H groups in total. The molecular weight excluding hydrogens is 248 g/mol. The van der Waals surface area contributed by atoms with Crippen molar-refractivity contribution in [3.8, 4) is 0 Å². The molecule has 1 aromatic heterocycles. The van der Waals surface area contributed by atoms with Gasteiger partial charge in [-0.05, 0) is 39.7 Å². The highest BCUT2D eigenvalue weighted by Gasteiger charge is 2.24. The number of hydrazine groups is 1. The van der Waals surface area contributed by atoms with Gasteiger partial charge in [-0.25, -0.2) is 5.01 Å². The summed E-state index contributed by atoms with van der Waals surface area (Å²) in [6.07, 6.45) is 3.90. The molecule has 0 amide bonds. The van der Waals surface area contributed by atoms with E-state index in [1.54, 1.807) is 0 Å². The number of benzene rings is 1. The Hall–Kier alpha value is -1.32. The maximum Gasteiger partial charge on any atom is 0.134 e. The zero-order valence-electron chi connectivity index (χ0n) is 12.6. The van der Waals surface area contributed by atoms with E-state index >= 15 is 0 Å². The van der Waals surface area contributed by atoms with Crippen LogP contribution in [-0.4, -0.2) is 17.1 Å². The molecular formula is C17H24N2O. The number of hydrogen-bond acceptors (Lipinski definition) is 3. The molecule has 2 unspecified atom stereocenters. The Balaban J connectivity index is 1.78. The second-order valence-corrected chi connectivity index (χ2v) is 6.00. The van der Waals surface area contributed by atoms with E-state index in [0.717, 1.165) is 17.9 Å². The number of hydrogen-bond donors (Lipinski definition) is 1. The minimum atomic E-state index is 0.609. The fourth-order valence-electron chi connectivity index (χ4n) is 3.34. The number of nitrogens with zero attached hydrogens (tertiary/aromatic N) is 1. The molecule has 0 saturated carbocycles. The van der Waals surface area contributed by atoms with Crippen LogP contribution in [0.25, 0.3) is 11.0 Å². The van der Waals surface area contributed by atoms with E-state index in [-0.39, 0.29) is 0 Å². The Bertz CT molecular complexity index is 580. The summed E-state index contributed by atoms with van der Waals surface area (Å²) in [5.41, 5.74) is 5.90. The zero-order chi connectivity index (χ0) is 14.1. The molecule has 2 aromatic rings. The normalized spacial score (nSPS) is 24.4. The van der Waals surface area contributed by atoms with E-state index in [1.807, 2.05) is 12.1 Å². The van der Waals surface area contributed by atoms with Crippen molar-refractivity contribution in [2.75, 3.05) is 0 Å². The van der Waals surface area contributed by atoms with Crippen LogP contribution in [0.4, 0.5) is 0 Å². The van der Waals surface area contributed by atoms with Crippen LogP contribution < -0.4 is 5.43 Å². The van der Waals surface area contributed by atoms with Crippen LogP contribution in [0.2, 0.25) is 0 Å². The average Bonchev–Trinajstić information content (AvgIpc) is 2.74. The van der Waals surface area contributed by atoms with Crippen LogP contribution in [0.15, 0.2) is 28.7 Å². The van der Waals surface area contributed by atoms with Gasteiger partial charge in [0.25, 0.3) is 0 Å². The van der Waals surface area contributed by atoms with Crippen molar-refractivity contribution < 1.29 is 4.42 Å². The van der Waals surface area contributed by atoms with E-state index in [2.05, 4.69) is 43.3 Å². The van der Waals surface area contributed by atoms with Crippen molar-refractivity contribution in [2.45, 2.75) is 58.7 Å². The van der Waals surface area contributed by atoms with Crippen molar-refractivity contribution in [1.29, 1.82) is 0 Å². The van der Waals surface area contributed by atoms with E-state index in [1.165, 1.54) is 30.2 Å². The average molecular weight is 272 g/mol. The molecule has 0 spiro atoms. The van der Waals surface area contributed by atoms with Crippen LogP contribution in [0.1, 0.15) is 44.4 Å². The van der Waals surface area contributed by atoms with Gasteiger partial charge in [-0.2, -0.15) is 0 Å². The molecule has 108 valence electrons. The van der Waals surface area contributed by atoms with Gasteiger partial charge in [-0.1, -0.05) is 24.6 Å². The Kier molecular flexibility index (Phi) is 3.81. The summed E-state index contributed by atoms with van der Waals surface area (Å²) in [5, 5.41) is 3.65. The van der Waals surface area contributed by atoms with Gasteiger partial charge in [0, 0.05) is 29.6 Å². The smallest absolute Gasteiger partial charge is 0.134 e. The molecule has 3 heteroatoms. The van der Waals surface area contributed by atoms with Crippen molar-refractivity contribution in [3.05, 3.63) is 35.6 Å². The second-order valence-electron chi connectivity index (χ2n) is 6.00. The van der Waals surface area contributed by atoms with Gasteiger partial charge in [0.2, 0.25) is 0 Å². The first-order chi connectivity index (χ1) is 9.66. The number of para-hydroxylation sites is 1. The van der Waals surface area contributed by atoms with E-state index in [0.29, 0.717) is 12.1 Å². The highest BCUT2D eigenvalue weighted by atomic mass is 16.3. The lowest BCUT2D eigenvalue weighted by atomic mass is 10.00. The maximum atomic E-state index is 5.83. The SMILES string of the molecule is Cc1oc2ccccc2c1CNN1C(C)CCCC1C. The molecule has 1 aliphatic heterocycles. The quantitative estimate of drug-likeness (QED) is 0.915. The van der Waals surface area contributed by atoms with Crippen LogP contribution in [-0.2, 0) is 6.54 Å². The number of furan rings is 1. The summed E-state index contributed by atoms with van der Waals surface area (Å²) < 4.78 is 5.83. The third-order valence-electron chi connectivity index (χ3n) is 4.53. The first-order valence-electron chi connectivity index (χ1n) is 7.65. The largest absolute Gasteiger partial charge is 0.461 e. The fraction of sp³-hybridized carbons (Fsp3) is 0.529. The van der Waals surface area contributed by atoms with Gasteiger partial charge in [0.1, 0.15) is 11.3 Å². The first-order valence-corrected chi connectivity index (χ1v) is 7.65. The van der Waals surface area contributed by atoms with Crippen molar-refractivity contribution in [1.82, 2.24) is 10.4 Å². The molecule has 0 aliphatic carbocycles. The molecule has 1 aliphatic rings. The van der Waals surface area contributed by atoms with Crippen LogP contribution in [0, 0.1) is 6.92 Å². The number of piperidine rings is 1. The van der Waals surface area contributed by atoms with Gasteiger partial charge in [-0.15, -0.1) is 0 Å². The number of fused-ring (bicyclic) bond motifs is 1. The lowest BCUT2D eigenvalue weighted by Gasteiger charge is -2.39. The number of nitrogens with one attached hydrogen (secondary N) is 1. The fourth-order valence-corrected chi connectivity index (χ4v) is 3.34. The first kappa shape index (κ1) is 13.7. The van der Waals surface area contributed by atoms with Crippen LogP contribution in [0.5, 0.6) is 0 Å². The molecule has 20 heavy (non-hydrogen) atoms. The molecule has 2 atom stereocenters. The van der Waals surface area contributed by atoms with Gasteiger partial charge in [0.05, 0.1) is 0 Å². The van der Waals surface area contributed by atoms with Crippen LogP contribution >= 0.6 is 0 Å². The summed E-state index contributed by atoms with van der Waals surface area (Å²) >= 11 is 0. The standard InChI is InChI=1S/C17H24N2O/c1-12-7-6-8-13(2)19(12)18-11-16-14(3)20-17-10-5-4-9-15(16)17/h4-5,9-10,12-13,18H,6-8,11H2,1-3H3. The minimum Gasteiger partial charge on any atom is -0.461 e. The molecule has 3 rings (SSSR count). The molecule has 1 fully saturated rings. The minimum absolute atomic E-state index is 0.609. The third kappa shape index (κ3) is 2.48. The molecule has 3 nitrogen and oxygen atoms in total.